The average Bonchev–Trinajstić information content (AvgIpc) is 2.67. The average molecular weight is 385 g/mol. The zero-order chi connectivity index (χ0) is 19.1. The van der Waals surface area contributed by atoms with Gasteiger partial charge in [0.05, 0.1) is 6.54 Å². The topological polar surface area (TPSA) is 65.5 Å². The number of carbonyl (C=O) groups is 1. The van der Waals surface area contributed by atoms with Gasteiger partial charge in [-0.1, -0.05) is 48.0 Å². The summed E-state index contributed by atoms with van der Waals surface area (Å²) < 4.78 is 0. The van der Waals surface area contributed by atoms with E-state index in [4.69, 9.17) is 16.6 Å². The Hall–Kier alpha value is -2.53. The lowest BCUT2D eigenvalue weighted by Gasteiger charge is -2.24. The third-order valence-corrected chi connectivity index (χ3v) is 4.93. The largest absolute Gasteiger partial charge is 0.357 e. The summed E-state index contributed by atoms with van der Waals surface area (Å²) in [6.45, 7) is 4.11. The molecule has 0 radical (unpaired) electrons. The van der Waals surface area contributed by atoms with Crippen LogP contribution in [0.4, 0.5) is 5.69 Å². The smallest absolute Gasteiger partial charge is 0.225 e. The Balaban J connectivity index is 1.62. The van der Waals surface area contributed by atoms with Gasteiger partial charge in [0.2, 0.25) is 5.91 Å². The van der Waals surface area contributed by atoms with Crippen LogP contribution in [0.3, 0.4) is 0 Å². The summed E-state index contributed by atoms with van der Waals surface area (Å²) in [5.41, 5.74) is 3.15. The van der Waals surface area contributed by atoms with Gasteiger partial charge in [0, 0.05) is 36.1 Å². The van der Waals surface area contributed by atoms with Crippen LogP contribution in [0.1, 0.15) is 30.4 Å². The van der Waals surface area contributed by atoms with E-state index in [2.05, 4.69) is 22.0 Å². The summed E-state index contributed by atoms with van der Waals surface area (Å²) in [6.07, 6.45) is 1.28. The fourth-order valence-corrected chi connectivity index (χ4v) is 3.45. The van der Waals surface area contributed by atoms with Crippen LogP contribution >= 0.6 is 11.6 Å². The van der Waals surface area contributed by atoms with Crippen LogP contribution < -0.4 is 16.0 Å². The van der Waals surface area contributed by atoms with Gasteiger partial charge < -0.3 is 16.0 Å². The SMILES string of the molecule is CCNC(=NCC1CC(=O)Nc2ccccc21)NCCc1ccccc1Cl. The molecule has 1 atom stereocenters. The summed E-state index contributed by atoms with van der Waals surface area (Å²) in [5, 5.41) is 10.3. The predicted octanol–water partition coefficient (Wildman–Crippen LogP) is 3.56. The number of hydrogen-bond donors (Lipinski definition) is 3. The van der Waals surface area contributed by atoms with Crippen LogP contribution in [0.5, 0.6) is 0 Å². The van der Waals surface area contributed by atoms with Crippen LogP contribution in [0, 0.1) is 0 Å². The van der Waals surface area contributed by atoms with E-state index in [1.807, 2.05) is 49.4 Å². The van der Waals surface area contributed by atoms with Crippen molar-refractivity contribution in [1.29, 1.82) is 0 Å². The number of hydrogen-bond acceptors (Lipinski definition) is 2. The van der Waals surface area contributed by atoms with Crippen molar-refractivity contribution in [3.63, 3.8) is 0 Å². The standard InChI is InChI=1S/C21H25ClN4O/c1-2-23-21(24-12-11-15-7-3-5-9-18(15)22)25-14-16-13-20(27)26-19-10-6-4-8-17(16)19/h3-10,16H,2,11-14H2,1H3,(H,26,27)(H2,23,24,25). The number of nitrogens with zero attached hydrogens (tertiary/aromatic N) is 1. The molecule has 3 rings (SSSR count). The number of amides is 1. The number of rotatable bonds is 6. The molecular weight excluding hydrogens is 360 g/mol. The van der Waals surface area contributed by atoms with Gasteiger partial charge in [0.15, 0.2) is 5.96 Å². The number of para-hydroxylation sites is 1. The number of anilines is 1. The molecule has 1 amide bonds. The summed E-state index contributed by atoms with van der Waals surface area (Å²) in [4.78, 5) is 16.7. The fourth-order valence-electron chi connectivity index (χ4n) is 3.22. The highest BCUT2D eigenvalue weighted by Crippen LogP contribution is 2.31. The molecule has 27 heavy (non-hydrogen) atoms. The number of fused-ring (bicyclic) bond motifs is 1. The zero-order valence-corrected chi connectivity index (χ0v) is 16.2. The van der Waals surface area contributed by atoms with Crippen molar-refractivity contribution in [2.24, 2.45) is 4.99 Å². The molecule has 0 bridgehead atoms. The molecule has 0 fully saturated rings. The van der Waals surface area contributed by atoms with Gasteiger partial charge in [0.1, 0.15) is 0 Å². The van der Waals surface area contributed by atoms with Gasteiger partial charge in [-0.3, -0.25) is 9.79 Å². The normalized spacial score (nSPS) is 16.4. The fraction of sp³-hybridized carbons (Fsp3) is 0.333. The Kier molecular flexibility index (Phi) is 6.71. The van der Waals surface area contributed by atoms with Crippen molar-refractivity contribution >= 4 is 29.2 Å². The van der Waals surface area contributed by atoms with Gasteiger partial charge in [0.25, 0.3) is 0 Å². The van der Waals surface area contributed by atoms with Gasteiger partial charge in [-0.15, -0.1) is 0 Å². The molecule has 6 heteroatoms. The van der Waals surface area contributed by atoms with Crippen LogP contribution in [-0.2, 0) is 11.2 Å². The van der Waals surface area contributed by atoms with E-state index in [1.54, 1.807) is 0 Å². The van der Waals surface area contributed by atoms with Crippen molar-refractivity contribution in [3.8, 4) is 0 Å². The molecule has 0 aliphatic carbocycles. The van der Waals surface area contributed by atoms with Gasteiger partial charge in [-0.2, -0.15) is 0 Å². The maximum Gasteiger partial charge on any atom is 0.225 e. The highest BCUT2D eigenvalue weighted by atomic mass is 35.5. The molecule has 0 saturated heterocycles. The molecule has 1 aliphatic heterocycles. The Morgan fingerprint density at radius 1 is 1.19 bits per heavy atom. The second-order valence-electron chi connectivity index (χ2n) is 6.52. The first-order valence-electron chi connectivity index (χ1n) is 9.31. The first kappa shape index (κ1) is 19.2. The number of benzene rings is 2. The Morgan fingerprint density at radius 2 is 1.96 bits per heavy atom. The second kappa shape index (κ2) is 9.42. The zero-order valence-electron chi connectivity index (χ0n) is 15.5. The number of carbonyl (C=O) groups excluding carboxylic acids is 1. The van der Waals surface area contributed by atoms with Crippen LogP contribution in [-0.4, -0.2) is 31.5 Å². The van der Waals surface area contributed by atoms with E-state index in [0.717, 1.165) is 47.3 Å². The lowest BCUT2D eigenvalue weighted by molar-refractivity contribution is -0.116. The van der Waals surface area contributed by atoms with Crippen molar-refractivity contribution in [2.45, 2.75) is 25.7 Å². The molecule has 1 aliphatic rings. The van der Waals surface area contributed by atoms with E-state index in [-0.39, 0.29) is 11.8 Å². The van der Waals surface area contributed by atoms with E-state index in [0.29, 0.717) is 13.0 Å². The molecule has 2 aromatic rings. The molecule has 5 nitrogen and oxygen atoms in total. The summed E-state index contributed by atoms with van der Waals surface area (Å²) in [6, 6.07) is 15.8. The lowest BCUT2D eigenvalue weighted by Crippen LogP contribution is -2.38. The third-order valence-electron chi connectivity index (χ3n) is 4.57. The summed E-state index contributed by atoms with van der Waals surface area (Å²) in [5.74, 6) is 0.896. The summed E-state index contributed by atoms with van der Waals surface area (Å²) in [7, 11) is 0. The number of nitrogens with one attached hydrogen (secondary N) is 3. The predicted molar refractivity (Wildman–Crippen MR) is 112 cm³/mol. The molecule has 1 heterocycles. The van der Waals surface area contributed by atoms with E-state index in [1.165, 1.54) is 0 Å². The molecule has 2 aromatic carbocycles. The van der Waals surface area contributed by atoms with Crippen LogP contribution in [0.2, 0.25) is 5.02 Å². The van der Waals surface area contributed by atoms with E-state index >= 15 is 0 Å². The Morgan fingerprint density at radius 3 is 2.78 bits per heavy atom. The quantitative estimate of drug-likeness (QED) is 0.527. The number of guanidine groups is 1. The molecule has 142 valence electrons. The van der Waals surface area contributed by atoms with E-state index < -0.39 is 0 Å². The molecule has 0 saturated carbocycles. The first-order chi connectivity index (χ1) is 13.2. The number of aliphatic imine (C=N–C) groups is 1. The molecule has 0 aromatic heterocycles. The monoisotopic (exact) mass is 384 g/mol. The van der Waals surface area contributed by atoms with E-state index in [9.17, 15) is 4.79 Å². The second-order valence-corrected chi connectivity index (χ2v) is 6.93. The molecule has 3 N–H and O–H groups in total. The maximum absolute atomic E-state index is 12.0. The van der Waals surface area contributed by atoms with Crippen molar-refractivity contribution in [2.75, 3.05) is 25.0 Å². The highest BCUT2D eigenvalue weighted by Gasteiger charge is 2.24. The van der Waals surface area contributed by atoms with Crippen molar-refractivity contribution in [3.05, 3.63) is 64.7 Å². The highest BCUT2D eigenvalue weighted by molar-refractivity contribution is 6.31. The maximum atomic E-state index is 12.0. The third kappa shape index (κ3) is 5.23. The first-order valence-corrected chi connectivity index (χ1v) is 9.69. The lowest BCUT2D eigenvalue weighted by atomic mass is 9.91. The van der Waals surface area contributed by atoms with Gasteiger partial charge in [-0.05, 0) is 36.6 Å². The Bertz CT molecular complexity index is 821. The minimum Gasteiger partial charge on any atom is -0.357 e. The summed E-state index contributed by atoms with van der Waals surface area (Å²) >= 11 is 6.21. The van der Waals surface area contributed by atoms with Crippen molar-refractivity contribution in [1.82, 2.24) is 10.6 Å². The van der Waals surface area contributed by atoms with Crippen LogP contribution in [0.15, 0.2) is 53.5 Å². The molecule has 1 unspecified atom stereocenters. The van der Waals surface area contributed by atoms with Crippen LogP contribution in [0.25, 0.3) is 0 Å². The number of halogens is 1. The van der Waals surface area contributed by atoms with Crippen molar-refractivity contribution < 1.29 is 4.79 Å². The Labute approximate surface area is 165 Å². The minimum absolute atomic E-state index is 0.0468. The molecular formula is C21H25ClN4O. The molecule has 0 spiro atoms. The van der Waals surface area contributed by atoms with Gasteiger partial charge in [-0.25, -0.2) is 0 Å². The van der Waals surface area contributed by atoms with Gasteiger partial charge >= 0.3 is 0 Å². The minimum atomic E-state index is 0.0468.